The Hall–Kier alpha value is -1.55. The summed E-state index contributed by atoms with van der Waals surface area (Å²) in [6, 6.07) is 15.9. The maximum absolute atomic E-state index is 10.3. The van der Waals surface area contributed by atoms with Crippen LogP contribution in [0.4, 0.5) is 0 Å². The number of fused-ring (bicyclic) bond motifs is 4. The van der Waals surface area contributed by atoms with Gasteiger partial charge in [0.05, 0.1) is 0 Å². The quantitative estimate of drug-likeness (QED) is 0.706. The molecule has 112 valence electrons. The second kappa shape index (κ2) is 7.14. The molecule has 22 heavy (non-hydrogen) atoms. The van der Waals surface area contributed by atoms with Crippen LogP contribution in [0.2, 0.25) is 6.32 Å². The normalized spacial score (nSPS) is 16.3. The van der Waals surface area contributed by atoms with Crippen molar-refractivity contribution in [3.05, 3.63) is 59.7 Å². The molecule has 2 aromatic rings. The molecule has 2 N–H and O–H groups in total. The lowest BCUT2D eigenvalue weighted by molar-refractivity contribution is 0.273. The Kier molecular flexibility index (Phi) is 4.98. The molecule has 0 aromatic heterocycles. The molecule has 0 spiro atoms. The first-order valence-corrected chi connectivity index (χ1v) is 7.88. The number of hydrogen-bond donors (Lipinski definition) is 2. The molecule has 0 amide bonds. The molecule has 0 aliphatic carbocycles. The van der Waals surface area contributed by atoms with Crippen molar-refractivity contribution in [3.8, 4) is 0 Å². The van der Waals surface area contributed by atoms with Crippen LogP contribution < -0.4 is 10.9 Å². The Balaban J connectivity index is 1.82. The lowest BCUT2D eigenvalue weighted by atomic mass is 9.57. The first-order chi connectivity index (χ1) is 10.7. The summed E-state index contributed by atoms with van der Waals surface area (Å²) in [5.41, 5.74) is 4.04. The van der Waals surface area contributed by atoms with Crippen LogP contribution in [0.3, 0.4) is 0 Å². The van der Waals surface area contributed by atoms with Gasteiger partial charge in [-0.1, -0.05) is 55.0 Å². The smallest absolute Gasteiger partial charge is 0.446 e. The second-order valence-corrected chi connectivity index (χ2v) is 5.87. The van der Waals surface area contributed by atoms with Gasteiger partial charge in [0.1, 0.15) is 0 Å². The van der Waals surface area contributed by atoms with E-state index in [1.165, 1.54) is 0 Å². The third-order valence-electron chi connectivity index (χ3n) is 4.18. The molecule has 0 saturated carbocycles. The van der Waals surface area contributed by atoms with Crippen molar-refractivity contribution in [1.29, 1.82) is 0 Å². The molecule has 0 saturated heterocycles. The van der Waals surface area contributed by atoms with Crippen LogP contribution in [0, 0.1) is 0 Å². The Labute approximate surface area is 132 Å². The number of aryl methyl sites for hydroxylation is 1. The highest BCUT2D eigenvalue weighted by molar-refractivity contribution is 6.66. The Morgan fingerprint density at radius 2 is 1.55 bits per heavy atom. The summed E-state index contributed by atoms with van der Waals surface area (Å²) in [6.07, 6.45) is 3.26. The second-order valence-electron chi connectivity index (χ2n) is 5.87. The van der Waals surface area contributed by atoms with Crippen LogP contribution in [0.1, 0.15) is 17.5 Å². The molecule has 1 aliphatic heterocycles. The van der Waals surface area contributed by atoms with Gasteiger partial charge in [-0.2, -0.15) is 0 Å². The molecule has 0 atom stereocenters. The van der Waals surface area contributed by atoms with Crippen molar-refractivity contribution in [2.75, 3.05) is 6.61 Å². The zero-order valence-electron chi connectivity index (χ0n) is 12.6. The monoisotopic (exact) mass is 294 g/mol. The Morgan fingerprint density at radius 1 is 0.864 bits per heavy atom. The van der Waals surface area contributed by atoms with E-state index in [9.17, 15) is 10.0 Å². The molecule has 0 fully saturated rings. The van der Waals surface area contributed by atoms with Crippen molar-refractivity contribution < 1.29 is 14.7 Å². The van der Waals surface area contributed by atoms with Gasteiger partial charge in [-0.05, 0) is 41.2 Å². The fourth-order valence-corrected chi connectivity index (χ4v) is 2.91. The van der Waals surface area contributed by atoms with Gasteiger partial charge in [-0.15, -0.1) is 0 Å². The largest absolute Gasteiger partial charge is 0.491 e. The van der Waals surface area contributed by atoms with Crippen LogP contribution in [0.5, 0.6) is 0 Å². The standard InChI is InChI=1S/C17H20B2O3/c20-18-10-3-6-14-4-2-8-17(13-14)19(21)22-11-9-15-5-1-7-16(18)12-15/h1-2,4-5,7-8,12-13,20-21H,3,6,9-11H2. The van der Waals surface area contributed by atoms with E-state index in [2.05, 4.69) is 6.07 Å². The van der Waals surface area contributed by atoms with Crippen LogP contribution >= 0.6 is 0 Å². The molecule has 4 bridgehead atoms. The lowest BCUT2D eigenvalue weighted by Gasteiger charge is -2.13. The van der Waals surface area contributed by atoms with Gasteiger partial charge < -0.3 is 14.7 Å². The fourth-order valence-electron chi connectivity index (χ4n) is 2.91. The topological polar surface area (TPSA) is 49.7 Å². The van der Waals surface area contributed by atoms with E-state index in [1.807, 2.05) is 42.5 Å². The molecule has 2 aromatic carbocycles. The minimum Gasteiger partial charge on any atom is -0.446 e. The fraction of sp³-hybridized carbons (Fsp3) is 0.294. The van der Waals surface area contributed by atoms with E-state index in [1.54, 1.807) is 0 Å². The summed E-state index contributed by atoms with van der Waals surface area (Å²) in [5.74, 6) is 0. The van der Waals surface area contributed by atoms with Crippen LogP contribution in [-0.2, 0) is 17.5 Å². The summed E-state index contributed by atoms with van der Waals surface area (Å²) in [4.78, 5) is 0. The van der Waals surface area contributed by atoms with Crippen LogP contribution in [0.25, 0.3) is 0 Å². The van der Waals surface area contributed by atoms with Gasteiger partial charge >= 0.3 is 14.0 Å². The first kappa shape index (κ1) is 15.3. The molecule has 3 nitrogen and oxygen atoms in total. The summed E-state index contributed by atoms with van der Waals surface area (Å²) in [5, 5.41) is 20.5. The third kappa shape index (κ3) is 3.80. The Bertz CT molecular complexity index is 577. The summed E-state index contributed by atoms with van der Waals surface area (Å²) in [7, 11) is -0.878. The summed E-state index contributed by atoms with van der Waals surface area (Å²) >= 11 is 0. The van der Waals surface area contributed by atoms with E-state index >= 15 is 0 Å². The number of hydrogen-bond acceptors (Lipinski definition) is 3. The Morgan fingerprint density at radius 3 is 2.36 bits per heavy atom. The molecular formula is C17H20B2O3. The number of benzene rings is 2. The van der Waals surface area contributed by atoms with Gasteiger partial charge in [0.15, 0.2) is 0 Å². The van der Waals surface area contributed by atoms with E-state index < -0.39 is 14.0 Å². The van der Waals surface area contributed by atoms with Crippen molar-refractivity contribution in [1.82, 2.24) is 0 Å². The minimum atomic E-state index is -0.878. The maximum Gasteiger partial charge on any atom is 0.491 e. The zero-order valence-corrected chi connectivity index (χ0v) is 12.6. The van der Waals surface area contributed by atoms with E-state index in [4.69, 9.17) is 4.65 Å². The van der Waals surface area contributed by atoms with Gasteiger partial charge in [-0.3, -0.25) is 0 Å². The highest BCUT2D eigenvalue weighted by Crippen LogP contribution is 2.08. The highest BCUT2D eigenvalue weighted by atomic mass is 16.5. The first-order valence-electron chi connectivity index (χ1n) is 7.88. The molecule has 0 radical (unpaired) electrons. The predicted octanol–water partition coefficient (Wildman–Crippen LogP) is 0.770. The average Bonchev–Trinajstić information content (AvgIpc) is 2.54. The van der Waals surface area contributed by atoms with Crippen molar-refractivity contribution in [2.45, 2.75) is 25.6 Å². The molecule has 5 heteroatoms. The maximum atomic E-state index is 10.3. The van der Waals surface area contributed by atoms with Crippen LogP contribution in [-0.4, -0.2) is 30.7 Å². The molecular weight excluding hydrogens is 274 g/mol. The van der Waals surface area contributed by atoms with Gasteiger partial charge in [0, 0.05) is 6.61 Å². The van der Waals surface area contributed by atoms with Gasteiger partial charge in [-0.25, -0.2) is 0 Å². The summed E-state index contributed by atoms with van der Waals surface area (Å²) in [6.45, 7) is 0.0304. The molecule has 3 rings (SSSR count). The van der Waals surface area contributed by atoms with E-state index in [0.717, 1.165) is 47.6 Å². The minimum absolute atomic E-state index is 0.419. The van der Waals surface area contributed by atoms with Crippen molar-refractivity contribution in [3.63, 3.8) is 0 Å². The van der Waals surface area contributed by atoms with E-state index in [-0.39, 0.29) is 0 Å². The van der Waals surface area contributed by atoms with Crippen molar-refractivity contribution in [2.24, 2.45) is 0 Å². The lowest BCUT2D eigenvalue weighted by Crippen LogP contribution is -2.35. The third-order valence-corrected chi connectivity index (χ3v) is 4.18. The average molecular weight is 294 g/mol. The predicted molar refractivity (Wildman–Crippen MR) is 90.9 cm³/mol. The zero-order chi connectivity index (χ0) is 15.4. The molecule has 1 heterocycles. The van der Waals surface area contributed by atoms with Crippen molar-refractivity contribution >= 4 is 25.0 Å². The van der Waals surface area contributed by atoms with E-state index in [0.29, 0.717) is 6.61 Å². The summed E-state index contributed by atoms with van der Waals surface area (Å²) < 4.78 is 5.54. The highest BCUT2D eigenvalue weighted by Gasteiger charge is 2.18. The molecule has 0 unspecified atom stereocenters. The van der Waals surface area contributed by atoms with Gasteiger partial charge in [0.2, 0.25) is 0 Å². The number of rotatable bonds is 0. The molecule has 1 aliphatic rings. The SMILES string of the molecule is OB1CCCc2cccc(c2)B(O)OCCc2cccc1c2. The van der Waals surface area contributed by atoms with Crippen LogP contribution in [0.15, 0.2) is 48.5 Å². The van der Waals surface area contributed by atoms with Gasteiger partial charge in [0.25, 0.3) is 0 Å².